The zero-order chi connectivity index (χ0) is 13.8. The fourth-order valence-electron chi connectivity index (χ4n) is 1.38. The van der Waals surface area contributed by atoms with Gasteiger partial charge in [0.05, 0.1) is 10.0 Å². The Bertz CT molecular complexity index is 634. The van der Waals surface area contributed by atoms with Crippen molar-refractivity contribution in [3.05, 3.63) is 52.4 Å². The summed E-state index contributed by atoms with van der Waals surface area (Å²) >= 11 is 3.18. The van der Waals surface area contributed by atoms with Gasteiger partial charge in [-0.2, -0.15) is 0 Å². The van der Waals surface area contributed by atoms with Crippen LogP contribution >= 0.6 is 15.9 Å². The second-order valence-electron chi connectivity index (χ2n) is 3.52. The summed E-state index contributed by atoms with van der Waals surface area (Å²) in [6.07, 6.45) is 1.50. The predicted molar refractivity (Wildman–Crippen MR) is 70.9 cm³/mol. The van der Waals surface area contributed by atoms with Crippen molar-refractivity contribution in [2.45, 2.75) is 0 Å². The molecule has 2 aromatic rings. The Morgan fingerprint density at radius 2 is 2.21 bits per heavy atom. The number of hydrogen-bond acceptors (Lipinski definition) is 4. The van der Waals surface area contributed by atoms with Crippen molar-refractivity contribution in [3.8, 4) is 11.6 Å². The number of pyridine rings is 1. The molecule has 0 aliphatic heterocycles. The Kier molecular flexibility index (Phi) is 3.96. The van der Waals surface area contributed by atoms with Crippen LogP contribution in [0.2, 0.25) is 0 Å². The van der Waals surface area contributed by atoms with E-state index in [0.717, 1.165) is 0 Å². The third kappa shape index (κ3) is 3.00. The van der Waals surface area contributed by atoms with Crippen LogP contribution in [0.25, 0.3) is 0 Å². The number of benzene rings is 1. The first kappa shape index (κ1) is 13.3. The molecule has 0 aliphatic rings. The second-order valence-corrected chi connectivity index (χ2v) is 4.37. The SMILES string of the molecule is N/C(=N\O)c1cccnc1Oc1ccc(F)cc1Br. The topological polar surface area (TPSA) is 80.7 Å². The summed E-state index contributed by atoms with van der Waals surface area (Å²) in [5.74, 6) is 0.00966. The van der Waals surface area contributed by atoms with E-state index in [4.69, 9.17) is 15.7 Å². The molecule has 0 radical (unpaired) electrons. The largest absolute Gasteiger partial charge is 0.437 e. The Balaban J connectivity index is 2.38. The first-order valence-electron chi connectivity index (χ1n) is 5.17. The highest BCUT2D eigenvalue weighted by Gasteiger charge is 2.12. The summed E-state index contributed by atoms with van der Waals surface area (Å²) in [7, 11) is 0. The van der Waals surface area contributed by atoms with Crippen molar-refractivity contribution in [1.82, 2.24) is 4.98 Å². The molecule has 0 saturated carbocycles. The van der Waals surface area contributed by atoms with Gasteiger partial charge in [-0.15, -0.1) is 0 Å². The number of halogens is 2. The number of ether oxygens (including phenoxy) is 1. The quantitative estimate of drug-likeness (QED) is 0.393. The van der Waals surface area contributed by atoms with Crippen molar-refractivity contribution >= 4 is 21.8 Å². The fourth-order valence-corrected chi connectivity index (χ4v) is 1.81. The normalized spacial score (nSPS) is 11.4. The van der Waals surface area contributed by atoms with Crippen LogP contribution in [0.1, 0.15) is 5.56 Å². The Labute approximate surface area is 116 Å². The highest BCUT2D eigenvalue weighted by atomic mass is 79.9. The molecule has 1 aromatic carbocycles. The van der Waals surface area contributed by atoms with Gasteiger partial charge in [-0.05, 0) is 46.3 Å². The summed E-state index contributed by atoms with van der Waals surface area (Å²) in [6.45, 7) is 0. The molecule has 0 saturated heterocycles. The van der Waals surface area contributed by atoms with Crippen LogP contribution in [-0.4, -0.2) is 16.0 Å². The summed E-state index contributed by atoms with van der Waals surface area (Å²) in [4.78, 5) is 4.00. The summed E-state index contributed by atoms with van der Waals surface area (Å²) < 4.78 is 18.9. The first-order valence-corrected chi connectivity index (χ1v) is 5.97. The molecule has 0 bridgehead atoms. The van der Waals surface area contributed by atoms with E-state index in [1.807, 2.05) is 0 Å². The molecule has 0 aliphatic carbocycles. The molecule has 0 unspecified atom stereocenters. The minimum atomic E-state index is -0.392. The van der Waals surface area contributed by atoms with Crippen LogP contribution in [-0.2, 0) is 0 Å². The Morgan fingerprint density at radius 1 is 1.42 bits per heavy atom. The zero-order valence-electron chi connectivity index (χ0n) is 9.55. The summed E-state index contributed by atoms with van der Waals surface area (Å²) in [6, 6.07) is 7.19. The van der Waals surface area contributed by atoms with Crippen molar-refractivity contribution in [2.24, 2.45) is 10.9 Å². The standard InChI is InChI=1S/C12H9BrFN3O2/c13-9-6-7(14)3-4-10(9)19-12-8(11(15)17-18)2-1-5-16-12/h1-6,18H,(H2,15,17). The van der Waals surface area contributed by atoms with Crippen LogP contribution in [0.5, 0.6) is 11.6 Å². The lowest BCUT2D eigenvalue weighted by Crippen LogP contribution is -2.14. The van der Waals surface area contributed by atoms with Gasteiger partial charge in [0.25, 0.3) is 0 Å². The number of hydrogen-bond donors (Lipinski definition) is 2. The lowest BCUT2D eigenvalue weighted by atomic mass is 10.2. The van der Waals surface area contributed by atoms with E-state index in [-0.39, 0.29) is 11.7 Å². The molecule has 0 fully saturated rings. The van der Waals surface area contributed by atoms with Crippen LogP contribution in [0.4, 0.5) is 4.39 Å². The smallest absolute Gasteiger partial charge is 0.230 e. The number of aromatic nitrogens is 1. The van der Waals surface area contributed by atoms with E-state index < -0.39 is 5.82 Å². The number of oxime groups is 1. The van der Waals surface area contributed by atoms with E-state index in [0.29, 0.717) is 15.8 Å². The monoisotopic (exact) mass is 325 g/mol. The zero-order valence-corrected chi connectivity index (χ0v) is 11.1. The van der Waals surface area contributed by atoms with Gasteiger partial charge in [0.1, 0.15) is 11.6 Å². The lowest BCUT2D eigenvalue weighted by Gasteiger charge is -2.10. The third-order valence-electron chi connectivity index (χ3n) is 2.26. The molecule has 19 heavy (non-hydrogen) atoms. The van der Waals surface area contributed by atoms with Gasteiger partial charge in [-0.25, -0.2) is 9.37 Å². The number of nitrogens with zero attached hydrogens (tertiary/aromatic N) is 2. The van der Waals surface area contributed by atoms with Crippen molar-refractivity contribution < 1.29 is 14.3 Å². The van der Waals surface area contributed by atoms with Gasteiger partial charge in [0.15, 0.2) is 5.84 Å². The molecule has 1 aromatic heterocycles. The molecule has 98 valence electrons. The molecule has 0 spiro atoms. The highest BCUT2D eigenvalue weighted by molar-refractivity contribution is 9.10. The molecular formula is C12H9BrFN3O2. The average Bonchev–Trinajstić information content (AvgIpc) is 2.41. The maximum atomic E-state index is 13.0. The van der Waals surface area contributed by atoms with Gasteiger partial charge in [-0.3, -0.25) is 0 Å². The molecule has 0 atom stereocenters. The van der Waals surface area contributed by atoms with E-state index in [1.54, 1.807) is 12.1 Å². The van der Waals surface area contributed by atoms with Crippen LogP contribution in [0.15, 0.2) is 46.2 Å². The van der Waals surface area contributed by atoms with Crippen molar-refractivity contribution in [2.75, 3.05) is 0 Å². The maximum absolute atomic E-state index is 13.0. The predicted octanol–water partition coefficient (Wildman–Crippen LogP) is 2.87. The molecule has 2 rings (SSSR count). The van der Waals surface area contributed by atoms with E-state index in [2.05, 4.69) is 26.1 Å². The van der Waals surface area contributed by atoms with Gasteiger partial charge in [-0.1, -0.05) is 5.16 Å². The first-order chi connectivity index (χ1) is 9.11. The van der Waals surface area contributed by atoms with Crippen LogP contribution < -0.4 is 10.5 Å². The van der Waals surface area contributed by atoms with Crippen molar-refractivity contribution in [1.29, 1.82) is 0 Å². The van der Waals surface area contributed by atoms with E-state index >= 15 is 0 Å². The average molecular weight is 326 g/mol. The highest BCUT2D eigenvalue weighted by Crippen LogP contribution is 2.30. The minimum absolute atomic E-state index is 0.124. The maximum Gasteiger partial charge on any atom is 0.230 e. The molecule has 5 nitrogen and oxygen atoms in total. The Hall–Kier alpha value is -2.15. The van der Waals surface area contributed by atoms with Gasteiger partial charge < -0.3 is 15.7 Å². The Morgan fingerprint density at radius 3 is 2.89 bits per heavy atom. The van der Waals surface area contributed by atoms with E-state index in [9.17, 15) is 4.39 Å². The molecule has 3 N–H and O–H groups in total. The lowest BCUT2D eigenvalue weighted by molar-refractivity contribution is 0.318. The van der Waals surface area contributed by atoms with Crippen LogP contribution in [0, 0.1) is 5.82 Å². The number of nitrogens with two attached hydrogens (primary N) is 1. The molecule has 1 heterocycles. The molecule has 7 heteroatoms. The van der Waals surface area contributed by atoms with Gasteiger partial charge >= 0.3 is 0 Å². The molecular weight excluding hydrogens is 317 g/mol. The second kappa shape index (κ2) is 5.66. The minimum Gasteiger partial charge on any atom is -0.437 e. The molecule has 0 amide bonds. The van der Waals surface area contributed by atoms with Gasteiger partial charge in [0, 0.05) is 6.20 Å². The van der Waals surface area contributed by atoms with E-state index in [1.165, 1.54) is 24.4 Å². The fraction of sp³-hybridized carbons (Fsp3) is 0. The summed E-state index contributed by atoms with van der Waals surface area (Å²) in [5, 5.41) is 11.6. The van der Waals surface area contributed by atoms with Crippen molar-refractivity contribution in [3.63, 3.8) is 0 Å². The number of rotatable bonds is 3. The number of amidine groups is 1. The summed E-state index contributed by atoms with van der Waals surface area (Å²) in [5.41, 5.74) is 5.85. The third-order valence-corrected chi connectivity index (χ3v) is 2.88. The van der Waals surface area contributed by atoms with Crippen LogP contribution in [0.3, 0.4) is 0 Å². The van der Waals surface area contributed by atoms with Gasteiger partial charge in [0.2, 0.25) is 5.88 Å².